The predicted octanol–water partition coefficient (Wildman–Crippen LogP) is 1.43. The minimum atomic E-state index is -1.70. The van der Waals surface area contributed by atoms with Gasteiger partial charge in [0.2, 0.25) is 29.5 Å². The van der Waals surface area contributed by atoms with Crippen LogP contribution in [0.3, 0.4) is 0 Å². The zero-order chi connectivity index (χ0) is 39.0. The van der Waals surface area contributed by atoms with Gasteiger partial charge in [-0.2, -0.15) is 0 Å². The maximum absolute atomic E-state index is 13.9. The van der Waals surface area contributed by atoms with E-state index in [1.54, 1.807) is 62.4 Å². The first-order chi connectivity index (χ1) is 24.4. The summed E-state index contributed by atoms with van der Waals surface area (Å²) < 4.78 is 11.2. The first-order valence-corrected chi connectivity index (χ1v) is 16.8. The van der Waals surface area contributed by atoms with Crippen LogP contribution >= 0.6 is 0 Å². The van der Waals surface area contributed by atoms with Gasteiger partial charge in [-0.05, 0) is 56.4 Å². The largest absolute Gasteiger partial charge is 0.488 e. The number of rotatable bonds is 20. The molecule has 0 fully saturated rings. The second-order valence-electron chi connectivity index (χ2n) is 13.3. The van der Waals surface area contributed by atoms with E-state index in [1.807, 2.05) is 26.8 Å². The highest BCUT2D eigenvalue weighted by Crippen LogP contribution is 2.19. The number of nitrogens with one attached hydrogen (secondary N) is 4. The maximum atomic E-state index is 13.9. The van der Waals surface area contributed by atoms with Crippen molar-refractivity contribution in [3.63, 3.8) is 0 Å². The second-order valence-corrected chi connectivity index (χ2v) is 13.3. The summed E-state index contributed by atoms with van der Waals surface area (Å²) in [4.78, 5) is 88.2. The fourth-order valence-corrected chi connectivity index (χ4v) is 4.85. The normalized spacial score (nSPS) is 13.9. The van der Waals surface area contributed by atoms with Crippen LogP contribution in [0.25, 0.3) is 0 Å². The summed E-state index contributed by atoms with van der Waals surface area (Å²) in [6.45, 7) is 9.10. The number of ether oxygens (including phenoxy) is 2. The average molecular weight is 727 g/mol. The van der Waals surface area contributed by atoms with Gasteiger partial charge in [0.15, 0.2) is 0 Å². The molecule has 0 aromatic heterocycles. The van der Waals surface area contributed by atoms with Gasteiger partial charge in [-0.15, -0.1) is 0 Å². The van der Waals surface area contributed by atoms with Crippen molar-refractivity contribution in [2.75, 3.05) is 0 Å². The number of aliphatic carboxylic acids is 1. The van der Waals surface area contributed by atoms with Crippen molar-refractivity contribution in [2.45, 2.75) is 103 Å². The van der Waals surface area contributed by atoms with Crippen molar-refractivity contribution in [2.24, 2.45) is 17.4 Å². The number of nitrogens with two attached hydrogens (primary N) is 2. The fourth-order valence-electron chi connectivity index (χ4n) is 4.85. The summed E-state index contributed by atoms with van der Waals surface area (Å²) in [5, 5.41) is 19.3. The number of carbonyl (C=O) groups is 7. The molecule has 0 aliphatic heterocycles. The number of hydrogen-bond donors (Lipinski definition) is 7. The van der Waals surface area contributed by atoms with Crippen LogP contribution in [0.1, 0.15) is 71.4 Å². The highest BCUT2D eigenvalue weighted by Gasteiger charge is 2.34. The van der Waals surface area contributed by atoms with E-state index in [2.05, 4.69) is 21.3 Å². The molecule has 9 N–H and O–H groups in total. The molecule has 0 saturated carbocycles. The molecule has 2 aromatic rings. The molecule has 0 bridgehead atoms. The van der Waals surface area contributed by atoms with Crippen LogP contribution in [0.5, 0.6) is 5.75 Å². The molecule has 0 spiro atoms. The van der Waals surface area contributed by atoms with E-state index in [-0.39, 0.29) is 25.9 Å². The third kappa shape index (κ3) is 15.5. The standard InChI is InChI=1S/C36H50N6O10/c1-6-21(2)30(33(47)39-25(16-17-28(37)43)31(45)40-27(34(48)49)19-29(38)44)42-32(46)26(41-35(50)51-20-23-10-8-7-9-11-23)18-22-12-14-24(15-13-22)52-36(3,4)5/h7-15,21,25-27,30H,6,16-20H2,1-5H3,(H2,37,43)(H2,38,44)(H,39,47)(H,40,45)(H,41,50)(H,42,46)(H,48,49)/t21-,25-,26-,27-,30-/m0/s1. The number of benzene rings is 2. The van der Waals surface area contributed by atoms with Gasteiger partial charge >= 0.3 is 12.1 Å². The van der Waals surface area contributed by atoms with Crippen molar-refractivity contribution >= 4 is 41.6 Å². The Labute approximate surface area is 302 Å². The molecule has 2 rings (SSSR count). The number of hydrogen-bond acceptors (Lipinski definition) is 9. The molecule has 0 heterocycles. The van der Waals surface area contributed by atoms with Crippen molar-refractivity contribution in [1.82, 2.24) is 21.3 Å². The summed E-state index contributed by atoms with van der Waals surface area (Å²) in [6, 6.07) is 10.2. The highest BCUT2D eigenvalue weighted by atomic mass is 16.5. The number of carboxylic acids is 1. The van der Waals surface area contributed by atoms with Crippen LogP contribution in [0, 0.1) is 5.92 Å². The molecule has 0 radical (unpaired) electrons. The summed E-state index contributed by atoms with van der Waals surface area (Å²) in [6.07, 6.45) is -1.89. The minimum absolute atomic E-state index is 0.00298. The van der Waals surface area contributed by atoms with Gasteiger partial charge in [0.05, 0.1) is 6.42 Å². The maximum Gasteiger partial charge on any atom is 0.408 e. The lowest BCUT2D eigenvalue weighted by Crippen LogP contribution is -2.59. The van der Waals surface area contributed by atoms with Gasteiger partial charge in [-0.25, -0.2) is 9.59 Å². The van der Waals surface area contributed by atoms with Crippen molar-refractivity contribution < 1.29 is 48.1 Å². The van der Waals surface area contributed by atoms with Crippen molar-refractivity contribution in [1.29, 1.82) is 0 Å². The van der Waals surface area contributed by atoms with Gasteiger partial charge in [0, 0.05) is 12.8 Å². The van der Waals surface area contributed by atoms with Gasteiger partial charge in [-0.1, -0.05) is 62.7 Å². The Morgan fingerprint density at radius 2 is 1.35 bits per heavy atom. The molecule has 16 nitrogen and oxygen atoms in total. The number of primary amides is 2. The lowest BCUT2D eigenvalue weighted by atomic mass is 9.96. The molecular weight excluding hydrogens is 676 g/mol. The Hall–Kier alpha value is -5.67. The molecule has 0 saturated heterocycles. The van der Waals surface area contributed by atoms with Gasteiger partial charge in [-0.3, -0.25) is 24.0 Å². The molecule has 16 heteroatoms. The van der Waals surface area contributed by atoms with Gasteiger partial charge < -0.3 is 47.3 Å². The molecule has 0 aliphatic rings. The fraction of sp³-hybridized carbons (Fsp3) is 0.472. The quantitative estimate of drug-likeness (QED) is 0.103. The monoisotopic (exact) mass is 726 g/mol. The smallest absolute Gasteiger partial charge is 0.408 e. The van der Waals surface area contributed by atoms with E-state index >= 15 is 0 Å². The molecule has 284 valence electrons. The molecule has 5 atom stereocenters. The molecule has 0 aliphatic carbocycles. The SMILES string of the molecule is CC[C@H](C)[C@H](NC(=O)[C@H](Cc1ccc(OC(C)(C)C)cc1)NC(=O)OCc1ccccc1)C(=O)N[C@@H](CCC(N)=O)C(=O)N[C@@H](CC(N)=O)C(=O)O. The minimum Gasteiger partial charge on any atom is -0.488 e. The van der Waals surface area contributed by atoms with E-state index in [0.717, 1.165) is 5.56 Å². The van der Waals surface area contributed by atoms with E-state index in [0.29, 0.717) is 17.7 Å². The van der Waals surface area contributed by atoms with E-state index in [9.17, 15) is 38.7 Å². The van der Waals surface area contributed by atoms with Crippen LogP contribution < -0.4 is 37.5 Å². The van der Waals surface area contributed by atoms with Crippen molar-refractivity contribution in [3.05, 3.63) is 65.7 Å². The number of alkyl carbamates (subject to hydrolysis) is 1. The molecule has 52 heavy (non-hydrogen) atoms. The van der Waals surface area contributed by atoms with E-state index in [1.165, 1.54) is 0 Å². The first-order valence-electron chi connectivity index (χ1n) is 16.8. The zero-order valence-electron chi connectivity index (χ0n) is 30.1. The van der Waals surface area contributed by atoms with Crippen LogP contribution in [0.4, 0.5) is 4.79 Å². The second kappa shape index (κ2) is 20.2. The zero-order valence-corrected chi connectivity index (χ0v) is 30.1. The summed E-state index contributed by atoms with van der Waals surface area (Å²) >= 11 is 0. The third-order valence-electron chi connectivity index (χ3n) is 7.73. The van der Waals surface area contributed by atoms with Crippen molar-refractivity contribution in [3.8, 4) is 5.75 Å². The summed E-state index contributed by atoms with van der Waals surface area (Å²) in [5.74, 6) is -5.83. The molecule has 2 aromatic carbocycles. The number of carboxylic acid groups (broad SMARTS) is 1. The lowest BCUT2D eigenvalue weighted by Gasteiger charge is -2.28. The first kappa shape index (κ1) is 42.5. The Morgan fingerprint density at radius 1 is 0.750 bits per heavy atom. The predicted molar refractivity (Wildman–Crippen MR) is 189 cm³/mol. The number of amides is 6. The number of carbonyl (C=O) groups excluding carboxylic acids is 6. The topological polar surface area (TPSA) is 258 Å². The van der Waals surface area contributed by atoms with Crippen LogP contribution in [-0.2, 0) is 46.5 Å². The Morgan fingerprint density at radius 3 is 1.88 bits per heavy atom. The Bertz CT molecular complexity index is 1540. The Balaban J connectivity index is 2.33. The summed E-state index contributed by atoms with van der Waals surface area (Å²) in [7, 11) is 0. The van der Waals surface area contributed by atoms with Crippen LogP contribution in [0.15, 0.2) is 54.6 Å². The molecular formula is C36H50N6O10. The van der Waals surface area contributed by atoms with Gasteiger partial charge in [0.1, 0.15) is 42.1 Å². The van der Waals surface area contributed by atoms with E-state index in [4.69, 9.17) is 20.9 Å². The third-order valence-corrected chi connectivity index (χ3v) is 7.73. The summed E-state index contributed by atoms with van der Waals surface area (Å²) in [5.41, 5.74) is 11.3. The van der Waals surface area contributed by atoms with E-state index < -0.39 is 83.7 Å². The molecule has 6 amide bonds. The highest BCUT2D eigenvalue weighted by molar-refractivity contribution is 5.95. The average Bonchev–Trinajstić information content (AvgIpc) is 3.07. The Kier molecular flexibility index (Phi) is 16.5. The van der Waals surface area contributed by atoms with Crippen LogP contribution in [-0.4, -0.2) is 76.5 Å². The molecule has 0 unspecified atom stereocenters. The van der Waals surface area contributed by atoms with Gasteiger partial charge in [0.25, 0.3) is 0 Å². The lowest BCUT2D eigenvalue weighted by molar-refractivity contribution is -0.144. The van der Waals surface area contributed by atoms with Crippen LogP contribution in [0.2, 0.25) is 0 Å².